The summed E-state index contributed by atoms with van der Waals surface area (Å²) in [6, 6.07) is 9.89. The number of fused-ring (bicyclic) bond motifs is 1. The number of aryl methyl sites for hydroxylation is 1. The summed E-state index contributed by atoms with van der Waals surface area (Å²) >= 11 is 3.33. The lowest BCUT2D eigenvalue weighted by Crippen LogP contribution is -2.12. The lowest BCUT2D eigenvalue weighted by Gasteiger charge is -2.16. The molecule has 1 atom stereocenters. The van der Waals surface area contributed by atoms with Crippen LogP contribution in [0.15, 0.2) is 35.1 Å². The van der Waals surface area contributed by atoms with Crippen LogP contribution >= 0.6 is 15.9 Å². The largest absolute Gasteiger partial charge is 0.482 e. The Kier molecular flexibility index (Phi) is 3.32. The van der Waals surface area contributed by atoms with Gasteiger partial charge in [-0.25, -0.2) is 9.67 Å². The first kappa shape index (κ1) is 11.7. The maximum absolute atomic E-state index is 6.03. The van der Waals surface area contributed by atoms with Gasteiger partial charge in [-0.3, -0.25) is 0 Å². The van der Waals surface area contributed by atoms with Crippen LogP contribution in [0.1, 0.15) is 31.2 Å². The number of hydrogen-bond donors (Lipinski definition) is 0. The van der Waals surface area contributed by atoms with Crippen molar-refractivity contribution < 1.29 is 4.74 Å². The van der Waals surface area contributed by atoms with Gasteiger partial charge >= 0.3 is 0 Å². The number of nitrogens with zero attached hydrogens (tertiary/aromatic N) is 3. The van der Waals surface area contributed by atoms with Crippen LogP contribution in [0, 0.1) is 0 Å². The summed E-state index contributed by atoms with van der Waals surface area (Å²) in [5.41, 5.74) is 0. The van der Waals surface area contributed by atoms with E-state index >= 15 is 0 Å². The minimum Gasteiger partial charge on any atom is -0.482 e. The molecule has 1 unspecified atom stereocenters. The molecule has 3 rings (SSSR count). The van der Waals surface area contributed by atoms with E-state index < -0.39 is 0 Å². The molecular formula is C13H14BrN3O. The Labute approximate surface area is 114 Å². The molecule has 0 bridgehead atoms. The second-order valence-electron chi connectivity index (χ2n) is 4.38. The van der Waals surface area contributed by atoms with Gasteiger partial charge in [0.05, 0.1) is 0 Å². The Balaban J connectivity index is 1.87. The predicted octanol–water partition coefficient (Wildman–Crippen LogP) is 3.34. The van der Waals surface area contributed by atoms with E-state index in [-0.39, 0.29) is 6.10 Å². The molecular weight excluding hydrogens is 294 g/mol. The molecule has 4 nitrogen and oxygen atoms in total. The van der Waals surface area contributed by atoms with Crippen LogP contribution in [-0.2, 0) is 6.54 Å². The second kappa shape index (κ2) is 5.10. The van der Waals surface area contributed by atoms with Crippen molar-refractivity contribution in [1.82, 2.24) is 14.8 Å². The highest BCUT2D eigenvalue weighted by atomic mass is 79.9. The van der Waals surface area contributed by atoms with Gasteiger partial charge in [0.2, 0.25) is 4.73 Å². The molecule has 1 aliphatic heterocycles. The molecule has 0 saturated carbocycles. The van der Waals surface area contributed by atoms with Crippen molar-refractivity contribution in [3.63, 3.8) is 0 Å². The Morgan fingerprint density at radius 3 is 2.89 bits per heavy atom. The fraction of sp³-hybridized carbons (Fsp3) is 0.385. The average molecular weight is 308 g/mol. The summed E-state index contributed by atoms with van der Waals surface area (Å²) in [5, 5.41) is 4.35. The molecule has 0 aliphatic carbocycles. The summed E-state index contributed by atoms with van der Waals surface area (Å²) in [5.74, 6) is 1.80. The Bertz CT molecular complexity index is 526. The van der Waals surface area contributed by atoms with Gasteiger partial charge < -0.3 is 4.74 Å². The molecule has 2 aromatic rings. The lowest BCUT2D eigenvalue weighted by atomic mass is 10.1. The van der Waals surface area contributed by atoms with E-state index in [1.807, 2.05) is 35.0 Å². The topological polar surface area (TPSA) is 39.9 Å². The van der Waals surface area contributed by atoms with Crippen molar-refractivity contribution in [2.24, 2.45) is 0 Å². The van der Waals surface area contributed by atoms with Crippen LogP contribution in [0.3, 0.4) is 0 Å². The molecule has 5 heteroatoms. The maximum Gasteiger partial charge on any atom is 0.217 e. The van der Waals surface area contributed by atoms with E-state index in [1.54, 1.807) is 0 Å². The van der Waals surface area contributed by atoms with Crippen molar-refractivity contribution in [3.8, 4) is 5.75 Å². The highest BCUT2D eigenvalue weighted by molar-refractivity contribution is 9.10. The maximum atomic E-state index is 6.03. The van der Waals surface area contributed by atoms with E-state index in [2.05, 4.69) is 26.0 Å². The monoisotopic (exact) mass is 307 g/mol. The fourth-order valence-corrected chi connectivity index (χ4v) is 2.60. The Morgan fingerprint density at radius 2 is 2.06 bits per heavy atom. The number of hydrogen-bond acceptors (Lipinski definition) is 3. The number of aromatic nitrogens is 3. The van der Waals surface area contributed by atoms with Gasteiger partial charge in [0, 0.05) is 6.54 Å². The van der Waals surface area contributed by atoms with Crippen LogP contribution in [-0.4, -0.2) is 14.8 Å². The summed E-state index contributed by atoms with van der Waals surface area (Å²) in [6.45, 7) is 0.919. The third-order valence-corrected chi connectivity index (χ3v) is 3.41. The zero-order valence-corrected chi connectivity index (χ0v) is 11.5. The average Bonchev–Trinajstić information content (AvgIpc) is 2.66. The minimum absolute atomic E-state index is 0.00583. The first-order chi connectivity index (χ1) is 8.83. The van der Waals surface area contributed by atoms with E-state index in [4.69, 9.17) is 4.74 Å². The second-order valence-corrected chi connectivity index (χ2v) is 5.09. The third kappa shape index (κ3) is 2.41. The van der Waals surface area contributed by atoms with Crippen molar-refractivity contribution in [2.45, 2.75) is 31.9 Å². The molecule has 0 amide bonds. The molecule has 18 heavy (non-hydrogen) atoms. The van der Waals surface area contributed by atoms with Crippen molar-refractivity contribution >= 4 is 15.9 Å². The van der Waals surface area contributed by atoms with E-state index in [0.717, 1.165) is 37.4 Å². The molecule has 1 aliphatic rings. The van der Waals surface area contributed by atoms with Crippen LogP contribution in [0.25, 0.3) is 0 Å². The fourth-order valence-electron chi connectivity index (χ4n) is 2.22. The number of para-hydroxylation sites is 1. The smallest absolute Gasteiger partial charge is 0.217 e. The van der Waals surface area contributed by atoms with Crippen LogP contribution in [0.4, 0.5) is 0 Å². The third-order valence-electron chi connectivity index (χ3n) is 3.07. The van der Waals surface area contributed by atoms with E-state index in [0.29, 0.717) is 4.73 Å². The summed E-state index contributed by atoms with van der Waals surface area (Å²) < 4.78 is 8.62. The van der Waals surface area contributed by atoms with Gasteiger partial charge in [0.1, 0.15) is 5.75 Å². The molecule has 2 heterocycles. The van der Waals surface area contributed by atoms with Crippen molar-refractivity contribution in [2.75, 3.05) is 0 Å². The van der Waals surface area contributed by atoms with E-state index in [1.165, 1.54) is 0 Å². The van der Waals surface area contributed by atoms with Crippen LogP contribution in [0.2, 0.25) is 0 Å². The van der Waals surface area contributed by atoms with Crippen molar-refractivity contribution in [1.29, 1.82) is 0 Å². The quantitative estimate of drug-likeness (QED) is 0.854. The van der Waals surface area contributed by atoms with Gasteiger partial charge in [-0.1, -0.05) is 18.2 Å². The van der Waals surface area contributed by atoms with E-state index in [9.17, 15) is 0 Å². The first-order valence-electron chi connectivity index (χ1n) is 6.15. The predicted molar refractivity (Wildman–Crippen MR) is 71.4 cm³/mol. The highest BCUT2D eigenvalue weighted by Crippen LogP contribution is 2.28. The molecule has 1 aromatic carbocycles. The minimum atomic E-state index is -0.00583. The van der Waals surface area contributed by atoms with Crippen LogP contribution in [0.5, 0.6) is 5.75 Å². The zero-order valence-electron chi connectivity index (χ0n) is 9.92. The van der Waals surface area contributed by atoms with Gasteiger partial charge in [-0.15, -0.1) is 5.10 Å². The molecule has 0 spiro atoms. The normalized spacial score (nSPS) is 19.1. The first-order valence-corrected chi connectivity index (χ1v) is 6.94. The van der Waals surface area contributed by atoms with Gasteiger partial charge in [0.25, 0.3) is 0 Å². The number of ether oxygens (including phenoxy) is 1. The Morgan fingerprint density at radius 1 is 1.22 bits per heavy atom. The molecule has 0 saturated heterocycles. The van der Waals surface area contributed by atoms with Gasteiger partial charge in [-0.2, -0.15) is 0 Å². The molecule has 0 fully saturated rings. The lowest BCUT2D eigenvalue weighted by molar-refractivity contribution is 0.183. The zero-order chi connectivity index (χ0) is 12.4. The number of benzene rings is 1. The van der Waals surface area contributed by atoms with Gasteiger partial charge in [-0.05, 0) is 47.3 Å². The SMILES string of the molecule is Brc1nc2n(n1)CCCCC2Oc1ccccc1. The molecule has 0 radical (unpaired) electrons. The standard InChI is InChI=1S/C13H14BrN3O/c14-13-15-12-11(8-4-5-9-17(12)16-13)18-10-6-2-1-3-7-10/h1-3,6-7,11H,4-5,8-9H2. The summed E-state index contributed by atoms with van der Waals surface area (Å²) in [6.07, 6.45) is 3.24. The summed E-state index contributed by atoms with van der Waals surface area (Å²) in [4.78, 5) is 4.43. The highest BCUT2D eigenvalue weighted by Gasteiger charge is 2.23. The number of rotatable bonds is 2. The van der Waals surface area contributed by atoms with Crippen LogP contribution < -0.4 is 4.74 Å². The summed E-state index contributed by atoms with van der Waals surface area (Å²) in [7, 11) is 0. The number of halogens is 1. The molecule has 94 valence electrons. The van der Waals surface area contributed by atoms with Crippen molar-refractivity contribution in [3.05, 3.63) is 40.9 Å². The van der Waals surface area contributed by atoms with Gasteiger partial charge in [0.15, 0.2) is 11.9 Å². The molecule has 1 aromatic heterocycles. The Hall–Kier alpha value is -1.36. The molecule has 0 N–H and O–H groups in total.